The summed E-state index contributed by atoms with van der Waals surface area (Å²) in [5, 5.41) is 3.05. The fourth-order valence-corrected chi connectivity index (χ4v) is 3.74. The van der Waals surface area contributed by atoms with Gasteiger partial charge in [-0.15, -0.1) is 0 Å². The Morgan fingerprint density at radius 3 is 2.38 bits per heavy atom. The van der Waals surface area contributed by atoms with E-state index in [9.17, 15) is 9.59 Å². The van der Waals surface area contributed by atoms with Crippen molar-refractivity contribution in [3.63, 3.8) is 0 Å². The van der Waals surface area contributed by atoms with E-state index in [4.69, 9.17) is 0 Å². The van der Waals surface area contributed by atoms with Crippen molar-refractivity contribution in [1.82, 2.24) is 14.0 Å². The molecule has 0 radical (unpaired) electrons. The summed E-state index contributed by atoms with van der Waals surface area (Å²) in [6.07, 6.45) is 4.13. The van der Waals surface area contributed by atoms with Crippen molar-refractivity contribution in [2.24, 2.45) is 5.92 Å². The van der Waals surface area contributed by atoms with Crippen molar-refractivity contribution < 1.29 is 4.79 Å². The molecule has 2 amide bonds. The standard InChI is InChI=1S/C20H28N4O2/c1-6-22-17-11-14(5)15(12-18(17)23(7-2)20(22)26)21-19(25)24-10-8-9-16(24)13(3)4/h8-9,11-13,16H,6-7,10H2,1-5H3,(H,21,25)/t16-/m0/s1. The highest BCUT2D eigenvalue weighted by molar-refractivity contribution is 5.94. The van der Waals surface area contributed by atoms with Crippen LogP contribution in [0.25, 0.3) is 11.0 Å². The summed E-state index contributed by atoms with van der Waals surface area (Å²) >= 11 is 0. The maximum Gasteiger partial charge on any atom is 0.329 e. The maximum absolute atomic E-state index is 12.8. The van der Waals surface area contributed by atoms with Crippen LogP contribution in [0.15, 0.2) is 29.1 Å². The number of aryl methyl sites for hydroxylation is 3. The van der Waals surface area contributed by atoms with Crippen molar-refractivity contribution in [1.29, 1.82) is 0 Å². The number of anilines is 1. The van der Waals surface area contributed by atoms with E-state index in [1.54, 1.807) is 9.13 Å². The number of imidazole rings is 1. The van der Waals surface area contributed by atoms with Crippen LogP contribution in [0.3, 0.4) is 0 Å². The van der Waals surface area contributed by atoms with Crippen LogP contribution in [-0.4, -0.2) is 32.7 Å². The molecule has 0 spiro atoms. The second-order valence-electron chi connectivity index (χ2n) is 7.17. The minimum absolute atomic E-state index is 0.00325. The number of nitrogens with zero attached hydrogens (tertiary/aromatic N) is 3. The van der Waals surface area contributed by atoms with Crippen LogP contribution in [-0.2, 0) is 13.1 Å². The Kier molecular flexibility index (Phi) is 4.94. The molecule has 2 heterocycles. The Labute approximate surface area is 154 Å². The Hall–Kier alpha value is -2.50. The van der Waals surface area contributed by atoms with Gasteiger partial charge in [0, 0.05) is 25.3 Å². The van der Waals surface area contributed by atoms with Crippen LogP contribution in [0.2, 0.25) is 0 Å². The molecule has 6 nitrogen and oxygen atoms in total. The second kappa shape index (κ2) is 7.02. The molecule has 140 valence electrons. The van der Waals surface area contributed by atoms with Gasteiger partial charge >= 0.3 is 11.7 Å². The molecule has 0 unspecified atom stereocenters. The van der Waals surface area contributed by atoms with Crippen LogP contribution >= 0.6 is 0 Å². The van der Waals surface area contributed by atoms with Gasteiger partial charge in [0.2, 0.25) is 0 Å². The van der Waals surface area contributed by atoms with E-state index >= 15 is 0 Å². The van der Waals surface area contributed by atoms with Crippen molar-refractivity contribution in [2.45, 2.75) is 53.8 Å². The van der Waals surface area contributed by atoms with Gasteiger partial charge in [0.25, 0.3) is 0 Å². The summed E-state index contributed by atoms with van der Waals surface area (Å²) < 4.78 is 3.53. The molecule has 6 heteroatoms. The highest BCUT2D eigenvalue weighted by Crippen LogP contribution is 2.25. The SMILES string of the molecule is CCn1c(=O)n(CC)c2cc(NC(=O)N3CC=C[C@H]3C(C)C)c(C)cc21. The van der Waals surface area contributed by atoms with Gasteiger partial charge in [0.05, 0.1) is 17.1 Å². The monoisotopic (exact) mass is 356 g/mol. The minimum atomic E-state index is -0.100. The number of hydrogen-bond acceptors (Lipinski definition) is 2. The second-order valence-corrected chi connectivity index (χ2v) is 7.17. The van der Waals surface area contributed by atoms with E-state index in [-0.39, 0.29) is 17.8 Å². The summed E-state index contributed by atoms with van der Waals surface area (Å²) in [6, 6.07) is 3.93. The van der Waals surface area contributed by atoms with E-state index < -0.39 is 0 Å². The molecule has 1 aliphatic heterocycles. The average Bonchev–Trinajstić information content (AvgIpc) is 3.17. The van der Waals surface area contributed by atoms with Crippen LogP contribution in [0.5, 0.6) is 0 Å². The molecule has 1 aromatic heterocycles. The first-order valence-corrected chi connectivity index (χ1v) is 9.37. The van der Waals surface area contributed by atoms with E-state index in [1.165, 1.54) is 0 Å². The summed E-state index contributed by atoms with van der Waals surface area (Å²) in [7, 11) is 0. The molecule has 1 atom stereocenters. The molecule has 1 aromatic carbocycles. The fourth-order valence-electron chi connectivity index (χ4n) is 3.74. The number of carbonyl (C=O) groups is 1. The normalized spacial score (nSPS) is 16.8. The predicted octanol–water partition coefficient (Wildman–Crippen LogP) is 3.58. The lowest BCUT2D eigenvalue weighted by Crippen LogP contribution is -2.41. The number of fused-ring (bicyclic) bond motifs is 1. The summed E-state index contributed by atoms with van der Waals surface area (Å²) in [5.41, 5.74) is 3.48. The molecule has 3 rings (SSSR count). The molecule has 0 bridgehead atoms. The van der Waals surface area contributed by atoms with E-state index in [0.29, 0.717) is 25.6 Å². The van der Waals surface area contributed by atoms with E-state index in [0.717, 1.165) is 22.3 Å². The lowest BCUT2D eigenvalue weighted by molar-refractivity contribution is 0.199. The van der Waals surface area contributed by atoms with Crippen LogP contribution in [0.1, 0.15) is 33.3 Å². The number of hydrogen-bond donors (Lipinski definition) is 1. The third-order valence-electron chi connectivity index (χ3n) is 5.18. The fraction of sp³-hybridized carbons (Fsp3) is 0.500. The topological polar surface area (TPSA) is 59.3 Å². The zero-order valence-corrected chi connectivity index (χ0v) is 16.2. The van der Waals surface area contributed by atoms with Gasteiger partial charge in [0.1, 0.15) is 0 Å². The Morgan fingerprint density at radius 1 is 1.19 bits per heavy atom. The lowest BCUT2D eigenvalue weighted by atomic mass is 10.1. The molecule has 2 aromatic rings. The minimum Gasteiger partial charge on any atom is -0.314 e. The largest absolute Gasteiger partial charge is 0.329 e. The quantitative estimate of drug-likeness (QED) is 0.851. The highest BCUT2D eigenvalue weighted by atomic mass is 16.2. The van der Waals surface area contributed by atoms with Crippen LogP contribution < -0.4 is 11.0 Å². The van der Waals surface area contributed by atoms with Gasteiger partial charge in [0.15, 0.2) is 0 Å². The highest BCUT2D eigenvalue weighted by Gasteiger charge is 2.27. The predicted molar refractivity (Wildman–Crippen MR) is 106 cm³/mol. The van der Waals surface area contributed by atoms with Gasteiger partial charge in [-0.25, -0.2) is 9.59 Å². The van der Waals surface area contributed by atoms with Crippen LogP contribution in [0, 0.1) is 12.8 Å². The molecular formula is C20H28N4O2. The summed E-state index contributed by atoms with van der Waals surface area (Å²) in [6.45, 7) is 12.0. The number of aromatic nitrogens is 2. The number of benzene rings is 1. The van der Waals surface area contributed by atoms with Crippen molar-refractivity contribution in [3.05, 3.63) is 40.3 Å². The van der Waals surface area contributed by atoms with E-state index in [2.05, 4.69) is 25.2 Å². The van der Waals surface area contributed by atoms with Gasteiger partial charge in [-0.3, -0.25) is 9.13 Å². The molecular weight excluding hydrogens is 328 g/mol. The third kappa shape index (κ3) is 2.93. The zero-order valence-electron chi connectivity index (χ0n) is 16.2. The van der Waals surface area contributed by atoms with Gasteiger partial charge in [-0.1, -0.05) is 26.0 Å². The molecule has 26 heavy (non-hydrogen) atoms. The summed E-state index contributed by atoms with van der Waals surface area (Å²) in [4.78, 5) is 27.2. The van der Waals surface area contributed by atoms with Gasteiger partial charge in [-0.2, -0.15) is 0 Å². The number of carbonyl (C=O) groups excluding carboxylic acids is 1. The zero-order chi connectivity index (χ0) is 19.0. The van der Waals surface area contributed by atoms with E-state index in [1.807, 2.05) is 43.9 Å². The Bertz CT molecular complexity index is 920. The average molecular weight is 356 g/mol. The molecule has 1 N–H and O–H groups in total. The molecule has 0 saturated heterocycles. The maximum atomic E-state index is 12.8. The molecule has 0 fully saturated rings. The number of amides is 2. The van der Waals surface area contributed by atoms with Crippen molar-refractivity contribution in [2.75, 3.05) is 11.9 Å². The van der Waals surface area contributed by atoms with Crippen molar-refractivity contribution in [3.8, 4) is 0 Å². The molecule has 0 aliphatic carbocycles. The lowest BCUT2D eigenvalue weighted by Gasteiger charge is -2.28. The smallest absolute Gasteiger partial charge is 0.314 e. The van der Waals surface area contributed by atoms with Gasteiger partial charge < -0.3 is 10.2 Å². The third-order valence-corrected chi connectivity index (χ3v) is 5.18. The van der Waals surface area contributed by atoms with Gasteiger partial charge in [-0.05, 0) is 44.4 Å². The first kappa shape index (κ1) is 18.3. The van der Waals surface area contributed by atoms with Crippen LogP contribution in [0.4, 0.5) is 10.5 Å². The number of nitrogens with one attached hydrogen (secondary N) is 1. The Morgan fingerprint density at radius 2 is 1.81 bits per heavy atom. The summed E-state index contributed by atoms with van der Waals surface area (Å²) in [5.74, 6) is 0.368. The van der Waals surface area contributed by atoms with Crippen molar-refractivity contribution >= 4 is 22.8 Å². The molecule has 0 saturated carbocycles. The first-order chi connectivity index (χ1) is 12.4. The Balaban J connectivity index is 1.97. The first-order valence-electron chi connectivity index (χ1n) is 9.37. The molecule has 1 aliphatic rings. The number of rotatable bonds is 4. The number of urea groups is 1.